The van der Waals surface area contributed by atoms with Gasteiger partial charge in [0.05, 0.1) is 24.6 Å². The third kappa shape index (κ3) is 7.17. The standard InChI is InChI=1S/C20H28N2O4/c1-5-7-9-11-13-25-19(23)17-15(3)22-18(16(4)21-17)20(24)26-14-12-10-8-6-2/h7-10H,5-6,11-14H2,1-4H3/b9-7-,10-8-. The fourth-order valence-corrected chi connectivity index (χ4v) is 2.13. The van der Waals surface area contributed by atoms with E-state index in [1.807, 2.05) is 38.2 Å². The molecule has 0 spiro atoms. The van der Waals surface area contributed by atoms with Crippen molar-refractivity contribution in [1.29, 1.82) is 0 Å². The van der Waals surface area contributed by atoms with Crippen molar-refractivity contribution in [3.8, 4) is 0 Å². The zero-order chi connectivity index (χ0) is 19.4. The van der Waals surface area contributed by atoms with Crippen LogP contribution >= 0.6 is 0 Å². The molecule has 6 heteroatoms. The number of aromatic nitrogens is 2. The van der Waals surface area contributed by atoms with Gasteiger partial charge in [-0.3, -0.25) is 0 Å². The number of carbonyl (C=O) groups is 2. The Balaban J connectivity index is 2.68. The van der Waals surface area contributed by atoms with Crippen LogP contribution in [0.1, 0.15) is 71.9 Å². The summed E-state index contributed by atoms with van der Waals surface area (Å²) in [5.74, 6) is -1.07. The fourth-order valence-electron chi connectivity index (χ4n) is 2.13. The van der Waals surface area contributed by atoms with Crippen LogP contribution < -0.4 is 0 Å². The van der Waals surface area contributed by atoms with Crippen LogP contribution in [0.25, 0.3) is 0 Å². The van der Waals surface area contributed by atoms with Gasteiger partial charge in [0.2, 0.25) is 0 Å². The first kappa shape index (κ1) is 21.5. The summed E-state index contributed by atoms with van der Waals surface area (Å²) >= 11 is 0. The van der Waals surface area contributed by atoms with Crippen LogP contribution in [0, 0.1) is 13.8 Å². The molecule has 0 N–H and O–H groups in total. The summed E-state index contributed by atoms with van der Waals surface area (Å²) in [6.07, 6.45) is 11.2. The van der Waals surface area contributed by atoms with Gasteiger partial charge < -0.3 is 9.47 Å². The van der Waals surface area contributed by atoms with E-state index in [-0.39, 0.29) is 24.6 Å². The highest BCUT2D eigenvalue weighted by Gasteiger charge is 2.20. The van der Waals surface area contributed by atoms with Gasteiger partial charge in [-0.05, 0) is 39.5 Å². The number of esters is 2. The van der Waals surface area contributed by atoms with Gasteiger partial charge in [-0.2, -0.15) is 0 Å². The van der Waals surface area contributed by atoms with E-state index >= 15 is 0 Å². The van der Waals surface area contributed by atoms with E-state index in [0.29, 0.717) is 24.2 Å². The van der Waals surface area contributed by atoms with Crippen molar-refractivity contribution >= 4 is 11.9 Å². The summed E-state index contributed by atoms with van der Waals surface area (Å²) in [4.78, 5) is 32.7. The SMILES string of the molecule is CC/C=C\CCOC(=O)c1nc(C)c(C(=O)OCC/C=C\CC)nc1C. The van der Waals surface area contributed by atoms with Gasteiger partial charge in [-0.25, -0.2) is 19.6 Å². The lowest BCUT2D eigenvalue weighted by atomic mass is 10.2. The van der Waals surface area contributed by atoms with Gasteiger partial charge in [0, 0.05) is 0 Å². The van der Waals surface area contributed by atoms with Crippen LogP contribution in [0.4, 0.5) is 0 Å². The van der Waals surface area contributed by atoms with Crippen molar-refractivity contribution in [3.63, 3.8) is 0 Å². The monoisotopic (exact) mass is 360 g/mol. The van der Waals surface area contributed by atoms with Crippen LogP contribution in [0.5, 0.6) is 0 Å². The Morgan fingerprint density at radius 1 is 0.769 bits per heavy atom. The molecule has 0 aliphatic carbocycles. The average Bonchev–Trinajstić information content (AvgIpc) is 2.62. The summed E-state index contributed by atoms with van der Waals surface area (Å²) in [6, 6.07) is 0. The molecule has 1 aromatic rings. The van der Waals surface area contributed by atoms with Crippen molar-refractivity contribution in [2.24, 2.45) is 0 Å². The van der Waals surface area contributed by atoms with E-state index in [1.54, 1.807) is 13.8 Å². The Bertz CT molecular complexity index is 608. The number of hydrogen-bond donors (Lipinski definition) is 0. The normalized spacial score (nSPS) is 11.2. The molecule has 1 rings (SSSR count). The Morgan fingerprint density at radius 3 is 1.50 bits per heavy atom. The number of allylic oxidation sites excluding steroid dienone is 2. The minimum atomic E-state index is -0.535. The molecule has 0 aromatic carbocycles. The Hall–Kier alpha value is -2.50. The summed E-state index contributed by atoms with van der Waals surface area (Å²) < 4.78 is 10.4. The topological polar surface area (TPSA) is 78.4 Å². The van der Waals surface area contributed by atoms with Gasteiger partial charge in [0.25, 0.3) is 0 Å². The van der Waals surface area contributed by atoms with Crippen LogP contribution in [-0.2, 0) is 9.47 Å². The quantitative estimate of drug-likeness (QED) is 0.355. The minimum Gasteiger partial charge on any atom is -0.461 e. The first-order valence-electron chi connectivity index (χ1n) is 9.00. The molecule has 0 radical (unpaired) electrons. The molecule has 26 heavy (non-hydrogen) atoms. The summed E-state index contributed by atoms with van der Waals surface area (Å²) in [7, 11) is 0. The molecule has 0 aliphatic heterocycles. The van der Waals surface area contributed by atoms with Crippen LogP contribution in [0.2, 0.25) is 0 Å². The number of rotatable bonds is 10. The minimum absolute atomic E-state index is 0.129. The van der Waals surface area contributed by atoms with E-state index in [4.69, 9.17) is 9.47 Å². The maximum atomic E-state index is 12.1. The second-order valence-electron chi connectivity index (χ2n) is 5.70. The molecule has 1 heterocycles. The highest BCUT2D eigenvalue weighted by Crippen LogP contribution is 2.11. The molecule has 0 fully saturated rings. The molecule has 0 bridgehead atoms. The average molecular weight is 360 g/mol. The molecule has 1 aromatic heterocycles. The lowest BCUT2D eigenvalue weighted by molar-refractivity contribution is 0.0483. The third-order valence-electron chi connectivity index (χ3n) is 3.47. The zero-order valence-corrected chi connectivity index (χ0v) is 16.1. The summed E-state index contributed by atoms with van der Waals surface area (Å²) in [6.45, 7) is 7.90. The maximum absolute atomic E-state index is 12.1. The predicted molar refractivity (Wildman–Crippen MR) is 100 cm³/mol. The van der Waals surface area contributed by atoms with Gasteiger partial charge in [-0.1, -0.05) is 38.2 Å². The molecule has 0 unspecified atom stereocenters. The van der Waals surface area contributed by atoms with Crippen molar-refractivity contribution in [1.82, 2.24) is 9.97 Å². The van der Waals surface area contributed by atoms with Gasteiger partial charge in [0.15, 0.2) is 11.4 Å². The Kier molecular flexibility index (Phi) is 9.90. The number of nitrogens with zero attached hydrogens (tertiary/aromatic N) is 2. The Morgan fingerprint density at radius 2 is 1.15 bits per heavy atom. The molecule has 0 amide bonds. The van der Waals surface area contributed by atoms with Crippen LogP contribution in [0.3, 0.4) is 0 Å². The number of ether oxygens (including phenoxy) is 2. The molecule has 0 saturated carbocycles. The van der Waals surface area contributed by atoms with Crippen molar-refractivity contribution in [2.75, 3.05) is 13.2 Å². The highest BCUT2D eigenvalue weighted by molar-refractivity contribution is 5.91. The number of hydrogen-bond acceptors (Lipinski definition) is 6. The number of carbonyl (C=O) groups excluding carboxylic acids is 2. The smallest absolute Gasteiger partial charge is 0.358 e. The van der Waals surface area contributed by atoms with Gasteiger partial charge in [0.1, 0.15) is 0 Å². The summed E-state index contributed by atoms with van der Waals surface area (Å²) in [5.41, 5.74) is 0.957. The first-order chi connectivity index (χ1) is 12.5. The predicted octanol–water partition coefficient (Wildman–Crippen LogP) is 4.12. The number of aryl methyl sites for hydroxylation is 2. The van der Waals surface area contributed by atoms with E-state index in [1.165, 1.54) is 0 Å². The van der Waals surface area contributed by atoms with E-state index in [9.17, 15) is 9.59 Å². The molecule has 0 aliphatic rings. The zero-order valence-electron chi connectivity index (χ0n) is 16.1. The molecule has 142 valence electrons. The van der Waals surface area contributed by atoms with E-state index in [0.717, 1.165) is 12.8 Å². The Labute approximate surface area is 155 Å². The summed E-state index contributed by atoms with van der Waals surface area (Å²) in [5, 5.41) is 0. The third-order valence-corrected chi connectivity index (χ3v) is 3.47. The van der Waals surface area contributed by atoms with Crippen molar-refractivity contribution < 1.29 is 19.1 Å². The second kappa shape index (κ2) is 12.0. The van der Waals surface area contributed by atoms with Crippen molar-refractivity contribution in [3.05, 3.63) is 47.1 Å². The lowest BCUT2D eigenvalue weighted by Crippen LogP contribution is -2.17. The second-order valence-corrected chi connectivity index (χ2v) is 5.70. The first-order valence-corrected chi connectivity index (χ1v) is 9.00. The van der Waals surface area contributed by atoms with E-state index in [2.05, 4.69) is 9.97 Å². The lowest BCUT2D eigenvalue weighted by Gasteiger charge is -2.09. The van der Waals surface area contributed by atoms with Crippen molar-refractivity contribution in [2.45, 2.75) is 53.4 Å². The largest absolute Gasteiger partial charge is 0.461 e. The highest BCUT2D eigenvalue weighted by atomic mass is 16.5. The van der Waals surface area contributed by atoms with Crippen LogP contribution in [-0.4, -0.2) is 35.1 Å². The van der Waals surface area contributed by atoms with E-state index < -0.39 is 11.9 Å². The fraction of sp³-hybridized carbons (Fsp3) is 0.500. The maximum Gasteiger partial charge on any atom is 0.358 e. The van der Waals surface area contributed by atoms with Gasteiger partial charge >= 0.3 is 11.9 Å². The molecule has 0 atom stereocenters. The molecule has 6 nitrogen and oxygen atoms in total. The van der Waals surface area contributed by atoms with Crippen LogP contribution in [0.15, 0.2) is 24.3 Å². The molecular formula is C20H28N2O4. The molecule has 0 saturated heterocycles. The van der Waals surface area contributed by atoms with Gasteiger partial charge in [-0.15, -0.1) is 0 Å². The molecular weight excluding hydrogens is 332 g/mol.